The van der Waals surface area contributed by atoms with Gasteiger partial charge in [-0.1, -0.05) is 170 Å². The molecule has 0 aliphatic heterocycles. The van der Waals surface area contributed by atoms with Crippen molar-refractivity contribution < 1.29 is 32.5 Å². The Kier molecular flexibility index (Phi) is 23.1. The average Bonchev–Trinajstić information content (AvgIpc) is 3.22. The lowest BCUT2D eigenvalue weighted by Gasteiger charge is -2.27. The second-order valence-corrected chi connectivity index (χ2v) is 16.0. The van der Waals surface area contributed by atoms with Crippen molar-refractivity contribution in [3.05, 3.63) is 108 Å². The molecule has 3 N–H and O–H groups in total. The van der Waals surface area contributed by atoms with Crippen LogP contribution in [0.15, 0.2) is 91.0 Å². The third-order valence-corrected chi connectivity index (χ3v) is 11.0. The van der Waals surface area contributed by atoms with E-state index in [-0.39, 0.29) is 37.5 Å². The molecule has 0 unspecified atom stereocenters. The molecule has 3 atom stereocenters. The van der Waals surface area contributed by atoms with Crippen LogP contribution in [0.4, 0.5) is 0 Å². The molecule has 3 aromatic carbocycles. The minimum Gasteiger partial charge on any atom is -0.347 e. The van der Waals surface area contributed by atoms with Crippen LogP contribution in [0.5, 0.6) is 0 Å². The fraction of sp³-hybridized carbons (Fsp3) is 0.533. The molecule has 10 nitrogen and oxygen atoms in total. The first-order valence-electron chi connectivity index (χ1n) is 20.8. The number of hydrogen-bond donors (Lipinski definition) is 3. The van der Waals surface area contributed by atoms with Crippen LogP contribution in [0.25, 0.3) is 0 Å². The molecule has 0 spiro atoms. The number of nitrogens with one attached hydrogen (secondary N) is 3. The first-order chi connectivity index (χ1) is 27.3. The maximum absolute atomic E-state index is 14.8. The van der Waals surface area contributed by atoms with Gasteiger partial charge in [-0.25, -0.2) is 4.57 Å². The summed E-state index contributed by atoms with van der Waals surface area (Å²) in [6.07, 6.45) is 12.7. The van der Waals surface area contributed by atoms with Gasteiger partial charge in [-0.2, -0.15) is 0 Å². The van der Waals surface area contributed by atoms with Crippen molar-refractivity contribution in [3.63, 3.8) is 0 Å². The number of phosphoric acid groups is 1. The minimum atomic E-state index is -4.42. The number of carbonyl (C=O) groups excluding carboxylic acids is 3. The summed E-state index contributed by atoms with van der Waals surface area (Å²) in [7, 11) is -4.42. The fourth-order valence-corrected chi connectivity index (χ4v) is 7.48. The molecule has 0 saturated heterocycles. The summed E-state index contributed by atoms with van der Waals surface area (Å²) in [6.45, 7) is 5.76. The molecule has 0 bridgehead atoms. The third-order valence-electron chi connectivity index (χ3n) is 9.58. The Bertz CT molecular complexity index is 1380. The molecule has 3 amide bonds. The van der Waals surface area contributed by atoms with Gasteiger partial charge in [0.25, 0.3) is 0 Å². The topological polar surface area (TPSA) is 132 Å². The fourth-order valence-electron chi connectivity index (χ4n) is 6.27. The van der Waals surface area contributed by atoms with Gasteiger partial charge in [0.1, 0.15) is 0 Å². The van der Waals surface area contributed by atoms with E-state index in [0.717, 1.165) is 93.7 Å². The van der Waals surface area contributed by atoms with E-state index in [9.17, 15) is 18.9 Å². The Balaban J connectivity index is 1.87. The normalized spacial score (nSPS) is 13.1. The van der Waals surface area contributed by atoms with Crippen LogP contribution in [0.2, 0.25) is 0 Å². The lowest BCUT2D eigenvalue weighted by molar-refractivity contribution is -0.122. The standard InChI is InChI=1S/C45H66N3O7P/c1-4-7-10-22-31-43(49)46-40(37-25-16-13-17-26-37)34-53-56(52,54-35-41(38-27-18-14-19-28-38)47-44(50)32-23-11-8-5-2)55-36-42(39-29-20-15-21-30-39)48-45(51)33-24-12-9-6-3/h13-21,25-30,40-42H,4-12,22-24,31-36H2,1-3H3,(H,46,49)(H,47,50)(H,48,51)/t40-,41-,42-/m0/s1. The molecule has 0 aliphatic carbocycles. The quantitative estimate of drug-likeness (QED) is 0.0452. The Morgan fingerprint density at radius 1 is 0.446 bits per heavy atom. The zero-order chi connectivity index (χ0) is 40.3. The van der Waals surface area contributed by atoms with Crippen LogP contribution < -0.4 is 16.0 Å². The Morgan fingerprint density at radius 2 is 0.714 bits per heavy atom. The van der Waals surface area contributed by atoms with Crippen molar-refractivity contribution in [1.82, 2.24) is 16.0 Å². The van der Waals surface area contributed by atoms with Gasteiger partial charge >= 0.3 is 7.82 Å². The summed E-state index contributed by atoms with van der Waals surface area (Å²) in [5.41, 5.74) is 2.32. The molecule has 0 fully saturated rings. The average molecular weight is 792 g/mol. The molecular weight excluding hydrogens is 725 g/mol. The van der Waals surface area contributed by atoms with Crippen LogP contribution >= 0.6 is 7.82 Å². The highest BCUT2D eigenvalue weighted by Crippen LogP contribution is 2.51. The van der Waals surface area contributed by atoms with E-state index < -0.39 is 25.9 Å². The van der Waals surface area contributed by atoms with E-state index in [0.29, 0.717) is 19.3 Å². The van der Waals surface area contributed by atoms with Crippen molar-refractivity contribution >= 4 is 25.5 Å². The van der Waals surface area contributed by atoms with Crippen molar-refractivity contribution in [2.45, 2.75) is 135 Å². The second-order valence-electron chi connectivity index (χ2n) is 14.4. The van der Waals surface area contributed by atoms with Crippen LogP contribution in [-0.4, -0.2) is 37.5 Å². The van der Waals surface area contributed by atoms with Crippen LogP contribution in [0.3, 0.4) is 0 Å². The third kappa shape index (κ3) is 18.9. The van der Waals surface area contributed by atoms with Gasteiger partial charge in [-0.15, -0.1) is 0 Å². The first-order valence-corrected chi connectivity index (χ1v) is 22.3. The van der Waals surface area contributed by atoms with E-state index in [4.69, 9.17) is 13.6 Å². The van der Waals surface area contributed by atoms with Gasteiger partial charge < -0.3 is 16.0 Å². The molecule has 0 heterocycles. The summed E-state index contributed by atoms with van der Waals surface area (Å²) >= 11 is 0. The van der Waals surface area contributed by atoms with Gasteiger partial charge in [-0.3, -0.25) is 28.0 Å². The zero-order valence-electron chi connectivity index (χ0n) is 33.9. The molecule has 0 saturated carbocycles. The summed E-state index contributed by atoms with van der Waals surface area (Å²) in [6, 6.07) is 26.2. The van der Waals surface area contributed by atoms with E-state index in [2.05, 4.69) is 36.7 Å². The predicted molar refractivity (Wildman–Crippen MR) is 224 cm³/mol. The lowest BCUT2D eigenvalue weighted by Crippen LogP contribution is -2.33. The van der Waals surface area contributed by atoms with Crippen molar-refractivity contribution in [2.75, 3.05) is 19.8 Å². The number of benzene rings is 3. The molecule has 56 heavy (non-hydrogen) atoms. The molecule has 308 valence electrons. The number of amides is 3. The number of phosphoric ester groups is 1. The summed E-state index contributed by atoms with van der Waals surface area (Å²) in [4.78, 5) is 39.3. The second kappa shape index (κ2) is 27.7. The van der Waals surface area contributed by atoms with Gasteiger partial charge in [0.15, 0.2) is 0 Å². The predicted octanol–water partition coefficient (Wildman–Crippen LogP) is 10.6. The van der Waals surface area contributed by atoms with Crippen molar-refractivity contribution in [2.24, 2.45) is 0 Å². The lowest BCUT2D eigenvalue weighted by atomic mass is 10.1. The van der Waals surface area contributed by atoms with Gasteiger partial charge in [0, 0.05) is 19.3 Å². The van der Waals surface area contributed by atoms with E-state index in [1.54, 1.807) is 0 Å². The molecule has 0 radical (unpaired) electrons. The van der Waals surface area contributed by atoms with Crippen LogP contribution in [0.1, 0.15) is 152 Å². The van der Waals surface area contributed by atoms with Gasteiger partial charge in [0.2, 0.25) is 17.7 Å². The number of unbranched alkanes of at least 4 members (excludes halogenated alkanes) is 9. The summed E-state index contributed by atoms with van der Waals surface area (Å²) in [5, 5.41) is 9.19. The Hall–Kier alpha value is -3.82. The molecule has 0 aromatic heterocycles. The largest absolute Gasteiger partial charge is 0.475 e. The monoisotopic (exact) mass is 791 g/mol. The zero-order valence-corrected chi connectivity index (χ0v) is 34.8. The molecule has 3 aromatic rings. The van der Waals surface area contributed by atoms with Gasteiger partial charge in [0.05, 0.1) is 37.9 Å². The van der Waals surface area contributed by atoms with E-state index in [1.807, 2.05) is 91.0 Å². The van der Waals surface area contributed by atoms with Crippen LogP contribution in [-0.2, 0) is 32.5 Å². The SMILES string of the molecule is CCCCCCC(=O)N[C@@H](COP(=O)(OC[C@H](NC(=O)CCCCCC)c1ccccc1)OC[C@H](NC(=O)CCCCCC)c1ccccc1)c1ccccc1. The minimum absolute atomic E-state index is 0.133. The summed E-state index contributed by atoms with van der Waals surface area (Å²) < 4.78 is 33.2. The molecular formula is C45H66N3O7P. The Morgan fingerprint density at radius 3 is 0.964 bits per heavy atom. The first kappa shape index (κ1) is 46.6. The number of rotatable bonds is 30. The number of hydrogen-bond acceptors (Lipinski definition) is 7. The van der Waals surface area contributed by atoms with Crippen molar-refractivity contribution in [1.29, 1.82) is 0 Å². The summed E-state index contributed by atoms with van der Waals surface area (Å²) in [5.74, 6) is -0.398. The highest BCUT2D eigenvalue weighted by molar-refractivity contribution is 7.48. The smallest absolute Gasteiger partial charge is 0.347 e. The maximum atomic E-state index is 14.8. The highest BCUT2D eigenvalue weighted by atomic mass is 31.2. The van der Waals surface area contributed by atoms with E-state index in [1.165, 1.54) is 0 Å². The number of carbonyl (C=O) groups is 3. The van der Waals surface area contributed by atoms with E-state index >= 15 is 0 Å². The van der Waals surface area contributed by atoms with Gasteiger partial charge in [-0.05, 0) is 36.0 Å². The Labute approximate surface area is 335 Å². The highest BCUT2D eigenvalue weighted by Gasteiger charge is 2.33. The van der Waals surface area contributed by atoms with Crippen LogP contribution in [0, 0.1) is 0 Å². The maximum Gasteiger partial charge on any atom is 0.475 e. The molecule has 0 aliphatic rings. The molecule has 3 rings (SSSR count). The molecule has 11 heteroatoms. The van der Waals surface area contributed by atoms with Crippen molar-refractivity contribution in [3.8, 4) is 0 Å².